The summed E-state index contributed by atoms with van der Waals surface area (Å²) in [7, 11) is 0. The Morgan fingerprint density at radius 2 is 1.83 bits per heavy atom. The number of carboxylic acid groups (broad SMARTS) is 1. The van der Waals surface area contributed by atoms with E-state index in [4.69, 9.17) is 14.5 Å². The van der Waals surface area contributed by atoms with Gasteiger partial charge in [0.1, 0.15) is 17.2 Å². The second-order valence-electron chi connectivity index (χ2n) is 8.33. The van der Waals surface area contributed by atoms with Crippen molar-refractivity contribution in [1.29, 1.82) is 0 Å². The highest BCUT2D eigenvalue weighted by atomic mass is 79.9. The van der Waals surface area contributed by atoms with Crippen molar-refractivity contribution in [2.45, 2.75) is 33.2 Å². The molecule has 2 unspecified atom stereocenters. The maximum Gasteiger partial charge on any atom is 0.312 e. The fourth-order valence-corrected chi connectivity index (χ4v) is 4.82. The van der Waals surface area contributed by atoms with Crippen LogP contribution in [0.3, 0.4) is 0 Å². The van der Waals surface area contributed by atoms with Crippen molar-refractivity contribution >= 4 is 61.5 Å². The second-order valence-corrected chi connectivity index (χ2v) is 11.4. The lowest BCUT2D eigenvalue weighted by Crippen LogP contribution is -2.46. The van der Waals surface area contributed by atoms with E-state index in [0.29, 0.717) is 32.7 Å². The molecular formula is C26H28Br2N2O4S. The molecule has 0 aliphatic heterocycles. The zero-order valence-electron chi connectivity index (χ0n) is 19.7. The number of allylic oxidation sites excluding steroid dienone is 1. The third-order valence-electron chi connectivity index (χ3n) is 6.02. The van der Waals surface area contributed by atoms with Crippen LogP contribution < -0.4 is 14.2 Å². The molecule has 0 fully saturated rings. The van der Waals surface area contributed by atoms with Crippen molar-refractivity contribution in [1.82, 2.24) is 9.71 Å². The van der Waals surface area contributed by atoms with E-state index in [1.165, 1.54) is 0 Å². The molecule has 0 aliphatic carbocycles. The van der Waals surface area contributed by atoms with E-state index in [9.17, 15) is 9.90 Å². The zero-order valence-corrected chi connectivity index (χ0v) is 23.7. The highest BCUT2D eigenvalue weighted by Crippen LogP contribution is 2.46. The van der Waals surface area contributed by atoms with Crippen molar-refractivity contribution in [2.75, 3.05) is 6.61 Å². The highest BCUT2D eigenvalue weighted by Gasteiger charge is 2.49. The molecule has 35 heavy (non-hydrogen) atoms. The van der Waals surface area contributed by atoms with Gasteiger partial charge in [0.15, 0.2) is 0 Å². The molecule has 3 aromatic rings. The average molecular weight is 624 g/mol. The number of thiol groups is 1. The van der Waals surface area contributed by atoms with Crippen molar-refractivity contribution in [3.8, 4) is 17.2 Å². The van der Waals surface area contributed by atoms with Gasteiger partial charge in [-0.3, -0.25) is 14.5 Å². The van der Waals surface area contributed by atoms with Gasteiger partial charge in [-0.2, -0.15) is 0 Å². The van der Waals surface area contributed by atoms with Crippen LogP contribution in [-0.4, -0.2) is 22.7 Å². The fourth-order valence-electron chi connectivity index (χ4n) is 4.13. The Morgan fingerprint density at radius 1 is 1.17 bits per heavy atom. The van der Waals surface area contributed by atoms with Gasteiger partial charge in [-0.15, -0.1) is 0 Å². The molecular weight excluding hydrogens is 596 g/mol. The Labute approximate surface area is 227 Å². The van der Waals surface area contributed by atoms with E-state index in [-0.39, 0.29) is 12.3 Å². The number of para-hydroxylation sites is 1. The minimum Gasteiger partial charge on any atom is -0.494 e. The SMILES string of the molecule is CCOc1ccc(Oc2cc(C(NS)C(CC=C(Br)Br)(C(=O)O)C(C)C)nc3ccccc23)cc1. The predicted octanol–water partition coefficient (Wildman–Crippen LogP) is 7.65. The van der Waals surface area contributed by atoms with Crippen molar-refractivity contribution in [3.05, 3.63) is 69.8 Å². The summed E-state index contributed by atoms with van der Waals surface area (Å²) in [6.45, 7) is 6.29. The van der Waals surface area contributed by atoms with Gasteiger partial charge < -0.3 is 14.6 Å². The molecule has 6 nitrogen and oxygen atoms in total. The van der Waals surface area contributed by atoms with Gasteiger partial charge >= 0.3 is 5.97 Å². The van der Waals surface area contributed by atoms with Gasteiger partial charge in [0, 0.05) is 11.5 Å². The number of hydrogen-bond acceptors (Lipinski definition) is 6. The first kappa shape index (κ1) is 27.5. The van der Waals surface area contributed by atoms with Crippen molar-refractivity contribution in [3.63, 3.8) is 0 Å². The van der Waals surface area contributed by atoms with Gasteiger partial charge in [0.25, 0.3) is 0 Å². The Bertz CT molecular complexity index is 1200. The van der Waals surface area contributed by atoms with Crippen LogP contribution in [0.1, 0.15) is 38.9 Å². The molecule has 0 bridgehead atoms. The van der Waals surface area contributed by atoms with E-state index in [0.717, 1.165) is 11.1 Å². The van der Waals surface area contributed by atoms with Crippen LogP contribution in [0, 0.1) is 11.3 Å². The summed E-state index contributed by atoms with van der Waals surface area (Å²) in [5.41, 5.74) is -0.0185. The molecule has 1 aromatic heterocycles. The van der Waals surface area contributed by atoms with Crippen LogP contribution in [0.2, 0.25) is 0 Å². The van der Waals surface area contributed by atoms with Crippen molar-refractivity contribution < 1.29 is 19.4 Å². The summed E-state index contributed by atoms with van der Waals surface area (Å²) in [5.74, 6) is 0.771. The average Bonchev–Trinajstić information content (AvgIpc) is 2.82. The maximum absolute atomic E-state index is 12.8. The molecule has 186 valence electrons. The Morgan fingerprint density at radius 3 is 2.40 bits per heavy atom. The summed E-state index contributed by atoms with van der Waals surface area (Å²) in [4.78, 5) is 17.6. The molecule has 1 heterocycles. The monoisotopic (exact) mass is 622 g/mol. The number of fused-ring (bicyclic) bond motifs is 1. The van der Waals surface area contributed by atoms with Gasteiger partial charge in [-0.25, -0.2) is 0 Å². The normalized spacial score (nSPS) is 13.8. The van der Waals surface area contributed by atoms with Crippen LogP contribution in [0.15, 0.2) is 64.1 Å². The third-order valence-corrected chi connectivity index (χ3v) is 6.93. The summed E-state index contributed by atoms with van der Waals surface area (Å²) in [5, 5.41) is 11.3. The molecule has 3 rings (SSSR count). The Hall–Kier alpha value is -2.07. The van der Waals surface area contributed by atoms with E-state index in [1.807, 2.05) is 69.3 Å². The van der Waals surface area contributed by atoms with Gasteiger partial charge in [-0.05, 0) is 87.5 Å². The molecule has 0 spiro atoms. The second kappa shape index (κ2) is 12.3. The van der Waals surface area contributed by atoms with E-state index in [2.05, 4.69) is 49.4 Å². The van der Waals surface area contributed by atoms with Gasteiger partial charge in [-0.1, -0.05) is 44.9 Å². The topological polar surface area (TPSA) is 80.7 Å². The lowest BCUT2D eigenvalue weighted by atomic mass is 9.68. The predicted molar refractivity (Wildman–Crippen MR) is 150 cm³/mol. The first-order valence-corrected chi connectivity index (χ1v) is 13.2. The molecule has 2 aromatic carbocycles. The summed E-state index contributed by atoms with van der Waals surface area (Å²) < 4.78 is 15.4. The van der Waals surface area contributed by atoms with E-state index >= 15 is 0 Å². The number of hydrogen-bond donors (Lipinski definition) is 3. The molecule has 0 amide bonds. The highest BCUT2D eigenvalue weighted by molar-refractivity contribution is 9.28. The largest absolute Gasteiger partial charge is 0.494 e. The summed E-state index contributed by atoms with van der Waals surface area (Å²) in [6.07, 6.45) is 2.04. The van der Waals surface area contributed by atoms with E-state index in [1.54, 1.807) is 12.1 Å². The van der Waals surface area contributed by atoms with Crippen molar-refractivity contribution in [2.24, 2.45) is 11.3 Å². The van der Waals surface area contributed by atoms with Crippen LogP contribution >= 0.6 is 44.7 Å². The quantitative estimate of drug-likeness (QED) is 0.190. The molecule has 2 atom stereocenters. The lowest BCUT2D eigenvalue weighted by Gasteiger charge is -2.39. The van der Waals surface area contributed by atoms with Crippen LogP contribution in [0.5, 0.6) is 17.2 Å². The number of aliphatic carboxylic acids is 1. The first-order valence-electron chi connectivity index (χ1n) is 11.2. The molecule has 0 saturated heterocycles. The third kappa shape index (κ3) is 6.20. The number of rotatable bonds is 11. The first-order chi connectivity index (χ1) is 16.7. The lowest BCUT2D eigenvalue weighted by molar-refractivity contribution is -0.154. The number of benzene rings is 2. The number of nitrogens with zero attached hydrogens (tertiary/aromatic N) is 1. The number of nitrogens with one attached hydrogen (secondary N) is 1. The standard InChI is InChI=1S/C26H28Br2N2O4S/c1-4-33-17-9-11-18(12-10-17)34-22-15-21(29-20-8-6-5-7-19(20)22)24(30-35)26(16(2)3,25(31)32)14-13-23(27)28/h5-13,15-16,24,30,35H,4,14H2,1-3H3,(H,31,32). The minimum absolute atomic E-state index is 0.244. The number of carboxylic acids is 1. The Kier molecular flexibility index (Phi) is 9.63. The van der Waals surface area contributed by atoms with Crippen LogP contribution in [-0.2, 0) is 4.79 Å². The molecule has 0 aliphatic rings. The van der Waals surface area contributed by atoms with Crippen LogP contribution in [0.25, 0.3) is 10.9 Å². The Balaban J connectivity index is 2.14. The van der Waals surface area contributed by atoms with Gasteiger partial charge in [0.2, 0.25) is 0 Å². The molecule has 0 saturated carbocycles. The fraction of sp³-hybridized carbons (Fsp3) is 0.308. The number of aromatic nitrogens is 1. The number of carbonyl (C=O) groups is 1. The van der Waals surface area contributed by atoms with Crippen LogP contribution in [0.4, 0.5) is 0 Å². The number of pyridine rings is 1. The summed E-state index contributed by atoms with van der Waals surface area (Å²) in [6, 6.07) is 16.1. The smallest absolute Gasteiger partial charge is 0.312 e. The number of ether oxygens (including phenoxy) is 2. The molecule has 2 N–H and O–H groups in total. The minimum atomic E-state index is -1.24. The van der Waals surface area contributed by atoms with E-state index < -0.39 is 17.4 Å². The molecule has 0 radical (unpaired) electrons. The number of halogens is 2. The maximum atomic E-state index is 12.8. The summed E-state index contributed by atoms with van der Waals surface area (Å²) >= 11 is 11.1. The molecule has 9 heteroatoms. The zero-order chi connectivity index (χ0) is 25.6. The van der Waals surface area contributed by atoms with Gasteiger partial charge in [0.05, 0.1) is 32.7 Å².